The summed E-state index contributed by atoms with van der Waals surface area (Å²) in [7, 11) is -0.886. The molecule has 116 valence electrons. The van der Waals surface area contributed by atoms with Crippen LogP contribution in [-0.2, 0) is 23.2 Å². The summed E-state index contributed by atoms with van der Waals surface area (Å²) < 4.78 is 19.5. The number of imidazole rings is 1. The van der Waals surface area contributed by atoms with Gasteiger partial charge in [0.1, 0.15) is 17.1 Å². The van der Waals surface area contributed by atoms with Crippen LogP contribution in [0.25, 0.3) is 11.0 Å². The molecule has 2 rings (SSSR count). The van der Waals surface area contributed by atoms with Crippen molar-refractivity contribution in [1.29, 1.82) is 0 Å². The summed E-state index contributed by atoms with van der Waals surface area (Å²) in [6.45, 7) is 6.57. The number of rotatable bonds is 6. The van der Waals surface area contributed by atoms with Gasteiger partial charge in [-0.3, -0.25) is 4.21 Å². The van der Waals surface area contributed by atoms with Gasteiger partial charge in [-0.05, 0) is 32.9 Å². The molecule has 0 spiro atoms. The highest BCUT2D eigenvalue weighted by Gasteiger charge is 2.17. The van der Waals surface area contributed by atoms with E-state index in [0.717, 1.165) is 22.6 Å². The first-order chi connectivity index (χ1) is 9.93. The molecule has 1 heterocycles. The summed E-state index contributed by atoms with van der Waals surface area (Å²) in [4.78, 5) is 4.60. The van der Waals surface area contributed by atoms with Gasteiger partial charge in [-0.25, -0.2) is 4.98 Å². The van der Waals surface area contributed by atoms with Gasteiger partial charge in [0, 0.05) is 28.9 Å². The lowest BCUT2D eigenvalue weighted by molar-refractivity contribution is 0.245. The van der Waals surface area contributed by atoms with Gasteiger partial charge in [-0.15, -0.1) is 11.6 Å². The number of nitrogens with zero attached hydrogens (tertiary/aromatic N) is 2. The van der Waals surface area contributed by atoms with E-state index in [1.165, 1.54) is 0 Å². The molecule has 1 aromatic carbocycles. The van der Waals surface area contributed by atoms with Crippen molar-refractivity contribution in [2.24, 2.45) is 0 Å². The van der Waals surface area contributed by atoms with Gasteiger partial charge in [0.25, 0.3) is 0 Å². The van der Waals surface area contributed by atoms with E-state index in [-0.39, 0.29) is 11.4 Å². The van der Waals surface area contributed by atoms with E-state index in [2.05, 4.69) is 4.98 Å². The molecule has 6 heteroatoms. The van der Waals surface area contributed by atoms with E-state index in [1.54, 1.807) is 6.26 Å². The summed E-state index contributed by atoms with van der Waals surface area (Å²) >= 11 is 6.02. The quantitative estimate of drug-likeness (QED) is 0.764. The van der Waals surface area contributed by atoms with Crippen molar-refractivity contribution in [3.8, 4) is 5.75 Å². The Balaban J connectivity index is 2.51. The van der Waals surface area contributed by atoms with Crippen LogP contribution in [0.1, 0.15) is 26.6 Å². The maximum atomic E-state index is 11.6. The standard InChI is InChI=1S/C15H21ClN2O2S/c1-10(2)20-13-7-5-6-12-15(13)17-14(8-16)18(12)9-11(3)21(4)19/h5-7,10-11H,8-9H2,1-4H3. The maximum Gasteiger partial charge on any atom is 0.147 e. The molecule has 0 aliphatic rings. The minimum atomic E-state index is -0.886. The molecule has 0 saturated carbocycles. The van der Waals surface area contributed by atoms with Crippen molar-refractivity contribution < 1.29 is 8.95 Å². The van der Waals surface area contributed by atoms with Crippen molar-refractivity contribution in [3.05, 3.63) is 24.0 Å². The third kappa shape index (κ3) is 3.58. The van der Waals surface area contributed by atoms with Crippen LogP contribution in [0, 0.1) is 0 Å². The van der Waals surface area contributed by atoms with Crippen LogP contribution in [0.15, 0.2) is 18.2 Å². The highest BCUT2D eigenvalue weighted by atomic mass is 35.5. The third-order valence-electron chi connectivity index (χ3n) is 3.31. The Kier molecular flexibility index (Phi) is 5.27. The van der Waals surface area contributed by atoms with Crippen LogP contribution in [0.2, 0.25) is 0 Å². The Labute approximate surface area is 132 Å². The number of alkyl halides is 1. The largest absolute Gasteiger partial charge is 0.489 e. The summed E-state index contributed by atoms with van der Waals surface area (Å²) in [5.41, 5.74) is 1.79. The molecule has 1 aromatic heterocycles. The fourth-order valence-corrected chi connectivity index (χ4v) is 2.75. The van der Waals surface area contributed by atoms with Gasteiger partial charge in [0.15, 0.2) is 0 Å². The average Bonchev–Trinajstić information content (AvgIpc) is 2.77. The Hall–Kier alpha value is -1.07. The van der Waals surface area contributed by atoms with E-state index < -0.39 is 10.8 Å². The topological polar surface area (TPSA) is 44.1 Å². The molecule has 0 fully saturated rings. The molecule has 2 aromatic rings. The Morgan fingerprint density at radius 3 is 2.67 bits per heavy atom. The number of benzene rings is 1. The molecule has 0 N–H and O–H groups in total. The molecular weight excluding hydrogens is 308 g/mol. The van der Waals surface area contributed by atoms with Gasteiger partial charge in [0.05, 0.1) is 17.5 Å². The normalized spacial score (nSPS) is 14.6. The number of halogens is 1. The van der Waals surface area contributed by atoms with Gasteiger partial charge >= 0.3 is 0 Å². The van der Waals surface area contributed by atoms with E-state index >= 15 is 0 Å². The fraction of sp³-hybridized carbons (Fsp3) is 0.533. The zero-order chi connectivity index (χ0) is 15.6. The summed E-state index contributed by atoms with van der Waals surface area (Å²) in [6.07, 6.45) is 1.81. The number of aromatic nitrogens is 2. The summed E-state index contributed by atoms with van der Waals surface area (Å²) in [5, 5.41) is 0.0408. The first-order valence-corrected chi connectivity index (χ1v) is 9.12. The SMILES string of the molecule is CC(C)Oc1cccc2c1nc(CCl)n2CC(C)S(C)=O. The molecule has 2 unspecified atom stereocenters. The van der Waals surface area contributed by atoms with Crippen LogP contribution in [0.5, 0.6) is 5.75 Å². The third-order valence-corrected chi connectivity index (χ3v) is 4.83. The van der Waals surface area contributed by atoms with Gasteiger partial charge < -0.3 is 9.30 Å². The number of hydrogen-bond donors (Lipinski definition) is 0. The van der Waals surface area contributed by atoms with E-state index in [1.807, 2.05) is 43.5 Å². The second-order valence-electron chi connectivity index (χ2n) is 5.37. The first-order valence-electron chi connectivity index (χ1n) is 6.97. The monoisotopic (exact) mass is 328 g/mol. The summed E-state index contributed by atoms with van der Waals surface area (Å²) in [6, 6.07) is 5.86. The molecule has 0 aliphatic heterocycles. The second kappa shape index (κ2) is 6.79. The van der Waals surface area contributed by atoms with Crippen LogP contribution >= 0.6 is 11.6 Å². The first kappa shape index (κ1) is 16.3. The zero-order valence-corrected chi connectivity index (χ0v) is 14.4. The van der Waals surface area contributed by atoms with Gasteiger partial charge in [-0.2, -0.15) is 0 Å². The van der Waals surface area contributed by atoms with Crippen LogP contribution in [0.3, 0.4) is 0 Å². The number of hydrogen-bond acceptors (Lipinski definition) is 3. The zero-order valence-electron chi connectivity index (χ0n) is 12.8. The molecule has 21 heavy (non-hydrogen) atoms. The van der Waals surface area contributed by atoms with Crippen molar-refractivity contribution >= 4 is 33.4 Å². The van der Waals surface area contributed by atoms with Gasteiger partial charge in [-0.1, -0.05) is 6.07 Å². The Bertz CT molecular complexity index is 654. The molecule has 0 amide bonds. The Morgan fingerprint density at radius 1 is 1.38 bits per heavy atom. The molecule has 0 radical (unpaired) electrons. The predicted molar refractivity (Wildman–Crippen MR) is 88.6 cm³/mol. The minimum absolute atomic E-state index is 0.0408. The minimum Gasteiger partial charge on any atom is -0.489 e. The van der Waals surface area contributed by atoms with Crippen molar-refractivity contribution in [2.75, 3.05) is 6.26 Å². The fourth-order valence-electron chi connectivity index (χ4n) is 2.19. The lowest BCUT2D eigenvalue weighted by Gasteiger charge is -2.13. The van der Waals surface area contributed by atoms with Crippen LogP contribution < -0.4 is 4.74 Å². The van der Waals surface area contributed by atoms with E-state index in [0.29, 0.717) is 12.4 Å². The highest BCUT2D eigenvalue weighted by Crippen LogP contribution is 2.28. The van der Waals surface area contributed by atoms with E-state index in [4.69, 9.17) is 16.3 Å². The maximum absolute atomic E-state index is 11.6. The smallest absolute Gasteiger partial charge is 0.147 e. The number of ether oxygens (including phenoxy) is 1. The molecule has 0 bridgehead atoms. The van der Waals surface area contributed by atoms with Crippen molar-refractivity contribution in [3.63, 3.8) is 0 Å². The molecule has 0 saturated heterocycles. The van der Waals surface area contributed by atoms with Gasteiger partial charge in [0.2, 0.25) is 0 Å². The predicted octanol–water partition coefficient (Wildman–Crippen LogP) is 3.33. The second-order valence-corrected chi connectivity index (χ2v) is 7.44. The molecular formula is C15H21ClN2O2S. The van der Waals surface area contributed by atoms with Crippen molar-refractivity contribution in [2.45, 2.75) is 44.5 Å². The van der Waals surface area contributed by atoms with Crippen molar-refractivity contribution in [1.82, 2.24) is 9.55 Å². The number of para-hydroxylation sites is 1. The Morgan fingerprint density at radius 2 is 2.10 bits per heavy atom. The highest BCUT2D eigenvalue weighted by molar-refractivity contribution is 7.84. The van der Waals surface area contributed by atoms with Crippen LogP contribution in [-0.4, -0.2) is 31.4 Å². The molecule has 0 aliphatic carbocycles. The number of fused-ring (bicyclic) bond motifs is 1. The van der Waals surface area contributed by atoms with Crippen LogP contribution in [0.4, 0.5) is 0 Å². The molecule has 4 nitrogen and oxygen atoms in total. The average molecular weight is 329 g/mol. The molecule has 2 atom stereocenters. The van der Waals surface area contributed by atoms with E-state index in [9.17, 15) is 4.21 Å². The lowest BCUT2D eigenvalue weighted by atomic mass is 10.3. The lowest BCUT2D eigenvalue weighted by Crippen LogP contribution is -2.18. The summed E-state index contributed by atoms with van der Waals surface area (Å²) in [5.74, 6) is 1.86.